The Morgan fingerprint density at radius 3 is 2.62 bits per heavy atom. The third-order valence-electron chi connectivity index (χ3n) is 4.18. The Balaban J connectivity index is 1.89. The van der Waals surface area contributed by atoms with Crippen molar-refractivity contribution in [1.29, 1.82) is 0 Å². The summed E-state index contributed by atoms with van der Waals surface area (Å²) in [6, 6.07) is 7.17. The van der Waals surface area contributed by atoms with Crippen LogP contribution in [0.3, 0.4) is 0 Å². The second-order valence-electron chi connectivity index (χ2n) is 5.56. The minimum atomic E-state index is -4.09. The SMILES string of the molecule is COc1ccccc1CCNC1CCCCC1C(F)(F)F. The van der Waals surface area contributed by atoms with E-state index in [1.807, 2.05) is 24.3 Å². The molecule has 0 aromatic heterocycles. The summed E-state index contributed by atoms with van der Waals surface area (Å²) in [5.41, 5.74) is 1.02. The van der Waals surface area contributed by atoms with Gasteiger partial charge < -0.3 is 10.1 Å². The Bertz CT molecular complexity index is 447. The highest BCUT2D eigenvalue weighted by Gasteiger charge is 2.45. The van der Waals surface area contributed by atoms with Gasteiger partial charge in [0, 0.05) is 6.04 Å². The standard InChI is InChI=1S/C16H22F3NO/c1-21-15-9-5-2-6-12(15)10-11-20-14-8-4-3-7-13(14)16(17,18)19/h2,5-6,9,13-14,20H,3-4,7-8,10-11H2,1H3. The molecule has 1 N–H and O–H groups in total. The fraction of sp³-hybridized carbons (Fsp3) is 0.625. The highest BCUT2D eigenvalue weighted by molar-refractivity contribution is 5.33. The van der Waals surface area contributed by atoms with E-state index in [1.165, 1.54) is 0 Å². The van der Waals surface area contributed by atoms with Crippen LogP contribution in [0.2, 0.25) is 0 Å². The van der Waals surface area contributed by atoms with Crippen molar-refractivity contribution < 1.29 is 17.9 Å². The lowest BCUT2D eigenvalue weighted by Gasteiger charge is -2.33. The number of ether oxygens (including phenoxy) is 1. The number of rotatable bonds is 5. The molecule has 21 heavy (non-hydrogen) atoms. The number of hydrogen-bond acceptors (Lipinski definition) is 2. The van der Waals surface area contributed by atoms with E-state index >= 15 is 0 Å². The Hall–Kier alpha value is -1.23. The van der Waals surface area contributed by atoms with E-state index in [0.717, 1.165) is 17.7 Å². The summed E-state index contributed by atoms with van der Waals surface area (Å²) >= 11 is 0. The number of methoxy groups -OCH3 is 1. The zero-order valence-electron chi connectivity index (χ0n) is 12.2. The number of hydrogen-bond donors (Lipinski definition) is 1. The summed E-state index contributed by atoms with van der Waals surface area (Å²) in [4.78, 5) is 0. The van der Waals surface area contributed by atoms with Crippen molar-refractivity contribution in [2.45, 2.75) is 44.3 Å². The first-order valence-corrected chi connectivity index (χ1v) is 7.44. The zero-order chi connectivity index (χ0) is 15.3. The normalized spacial score (nSPS) is 23.0. The second kappa shape index (κ2) is 7.16. The molecule has 1 fully saturated rings. The summed E-state index contributed by atoms with van der Waals surface area (Å²) < 4.78 is 44.3. The van der Waals surface area contributed by atoms with E-state index in [4.69, 9.17) is 4.74 Å². The fourth-order valence-corrected chi connectivity index (χ4v) is 3.07. The molecule has 1 saturated carbocycles. The monoisotopic (exact) mass is 301 g/mol. The molecule has 1 aliphatic rings. The van der Waals surface area contributed by atoms with Gasteiger partial charge in [-0.25, -0.2) is 0 Å². The van der Waals surface area contributed by atoms with Crippen LogP contribution in [0.1, 0.15) is 31.2 Å². The van der Waals surface area contributed by atoms with Crippen LogP contribution in [0.5, 0.6) is 5.75 Å². The van der Waals surface area contributed by atoms with E-state index in [2.05, 4.69) is 5.32 Å². The van der Waals surface area contributed by atoms with Crippen molar-refractivity contribution in [3.63, 3.8) is 0 Å². The average molecular weight is 301 g/mol. The first-order chi connectivity index (χ1) is 10.0. The third kappa shape index (κ3) is 4.37. The number of para-hydroxylation sites is 1. The Labute approximate surface area is 123 Å². The Morgan fingerprint density at radius 1 is 1.19 bits per heavy atom. The molecule has 0 radical (unpaired) electrons. The molecule has 0 spiro atoms. The summed E-state index contributed by atoms with van der Waals surface area (Å²) in [5.74, 6) is -0.417. The first-order valence-electron chi connectivity index (χ1n) is 7.44. The Kier molecular flexibility index (Phi) is 5.51. The summed E-state index contributed by atoms with van der Waals surface area (Å²) in [6.45, 7) is 0.539. The maximum atomic E-state index is 13.0. The molecule has 1 aromatic rings. The zero-order valence-corrected chi connectivity index (χ0v) is 12.2. The highest BCUT2D eigenvalue weighted by Crippen LogP contribution is 2.37. The number of benzene rings is 1. The van der Waals surface area contributed by atoms with Crippen molar-refractivity contribution >= 4 is 0 Å². The van der Waals surface area contributed by atoms with Gasteiger partial charge in [-0.05, 0) is 37.4 Å². The van der Waals surface area contributed by atoms with E-state index in [-0.39, 0.29) is 6.42 Å². The lowest BCUT2D eigenvalue weighted by Crippen LogP contribution is -2.46. The van der Waals surface area contributed by atoms with Gasteiger partial charge in [0.25, 0.3) is 0 Å². The molecule has 1 aromatic carbocycles. The number of nitrogens with one attached hydrogen (secondary N) is 1. The van der Waals surface area contributed by atoms with Crippen molar-refractivity contribution in [1.82, 2.24) is 5.32 Å². The molecule has 5 heteroatoms. The van der Waals surface area contributed by atoms with E-state index in [0.29, 0.717) is 25.8 Å². The summed E-state index contributed by atoms with van der Waals surface area (Å²) in [6.07, 6.45) is -1.02. The lowest BCUT2D eigenvalue weighted by molar-refractivity contribution is -0.188. The van der Waals surface area contributed by atoms with Crippen LogP contribution in [0.25, 0.3) is 0 Å². The van der Waals surface area contributed by atoms with E-state index in [1.54, 1.807) is 7.11 Å². The van der Waals surface area contributed by atoms with Crippen LogP contribution in [-0.2, 0) is 6.42 Å². The van der Waals surface area contributed by atoms with Gasteiger partial charge >= 0.3 is 6.18 Å². The minimum absolute atomic E-state index is 0.246. The van der Waals surface area contributed by atoms with Crippen LogP contribution in [0.15, 0.2) is 24.3 Å². The lowest BCUT2D eigenvalue weighted by atomic mass is 9.84. The number of halogens is 3. The van der Waals surface area contributed by atoms with Gasteiger partial charge in [-0.2, -0.15) is 13.2 Å². The third-order valence-corrected chi connectivity index (χ3v) is 4.18. The molecule has 0 saturated heterocycles. The van der Waals surface area contributed by atoms with Gasteiger partial charge in [-0.1, -0.05) is 31.0 Å². The molecule has 0 aliphatic heterocycles. The van der Waals surface area contributed by atoms with E-state index < -0.39 is 18.1 Å². The summed E-state index contributed by atoms with van der Waals surface area (Å²) in [7, 11) is 1.60. The summed E-state index contributed by atoms with van der Waals surface area (Å²) in [5, 5.41) is 3.10. The second-order valence-corrected chi connectivity index (χ2v) is 5.56. The van der Waals surface area contributed by atoms with Gasteiger partial charge in [-0.3, -0.25) is 0 Å². The smallest absolute Gasteiger partial charge is 0.393 e. The van der Waals surface area contributed by atoms with Gasteiger partial charge in [0.1, 0.15) is 5.75 Å². The average Bonchev–Trinajstić information content (AvgIpc) is 2.47. The topological polar surface area (TPSA) is 21.3 Å². The highest BCUT2D eigenvalue weighted by atomic mass is 19.4. The molecule has 2 atom stereocenters. The maximum Gasteiger partial charge on any atom is 0.393 e. The first kappa shape index (κ1) is 16.1. The molecule has 0 bridgehead atoms. The minimum Gasteiger partial charge on any atom is -0.496 e. The molecular formula is C16H22F3NO. The van der Waals surface area contributed by atoms with Crippen molar-refractivity contribution in [2.24, 2.45) is 5.92 Å². The van der Waals surface area contributed by atoms with Gasteiger partial charge in [0.15, 0.2) is 0 Å². The van der Waals surface area contributed by atoms with Gasteiger partial charge in [-0.15, -0.1) is 0 Å². The van der Waals surface area contributed by atoms with Crippen molar-refractivity contribution in [3.05, 3.63) is 29.8 Å². The van der Waals surface area contributed by atoms with Crippen LogP contribution < -0.4 is 10.1 Å². The van der Waals surface area contributed by atoms with Crippen LogP contribution >= 0.6 is 0 Å². The molecule has 2 unspecified atom stereocenters. The van der Waals surface area contributed by atoms with Crippen LogP contribution in [-0.4, -0.2) is 25.9 Å². The molecular weight excluding hydrogens is 279 g/mol. The molecule has 118 valence electrons. The van der Waals surface area contributed by atoms with Crippen molar-refractivity contribution in [3.8, 4) is 5.75 Å². The fourth-order valence-electron chi connectivity index (χ4n) is 3.07. The largest absolute Gasteiger partial charge is 0.496 e. The molecule has 2 nitrogen and oxygen atoms in total. The Morgan fingerprint density at radius 2 is 1.90 bits per heavy atom. The van der Waals surface area contributed by atoms with Crippen molar-refractivity contribution in [2.75, 3.05) is 13.7 Å². The maximum absolute atomic E-state index is 13.0. The predicted octanol–water partition coefficient (Wildman–Crippen LogP) is 3.95. The molecule has 0 amide bonds. The van der Waals surface area contributed by atoms with E-state index in [9.17, 15) is 13.2 Å². The van der Waals surface area contributed by atoms with Crippen LogP contribution in [0, 0.1) is 5.92 Å². The predicted molar refractivity (Wildman–Crippen MR) is 76.5 cm³/mol. The van der Waals surface area contributed by atoms with Gasteiger partial charge in [0.2, 0.25) is 0 Å². The molecule has 0 heterocycles. The van der Waals surface area contributed by atoms with Crippen LogP contribution in [0.4, 0.5) is 13.2 Å². The van der Waals surface area contributed by atoms with Gasteiger partial charge in [0.05, 0.1) is 13.0 Å². The number of alkyl halides is 3. The molecule has 1 aliphatic carbocycles. The quantitative estimate of drug-likeness (QED) is 0.889. The molecule has 2 rings (SSSR count).